The van der Waals surface area contributed by atoms with Gasteiger partial charge in [0.25, 0.3) is 0 Å². The van der Waals surface area contributed by atoms with E-state index in [1.807, 2.05) is 78.9 Å². The topological polar surface area (TPSA) is 42.8 Å². The third-order valence-electron chi connectivity index (χ3n) is 4.16. The van der Waals surface area contributed by atoms with Crippen molar-refractivity contribution in [2.24, 2.45) is 4.99 Å². The van der Waals surface area contributed by atoms with Crippen molar-refractivity contribution in [1.29, 1.82) is 0 Å². The van der Waals surface area contributed by atoms with Gasteiger partial charge in [-0.2, -0.15) is 0 Å². The van der Waals surface area contributed by atoms with Gasteiger partial charge in [-0.1, -0.05) is 66.8 Å². The molecule has 0 bridgehead atoms. The number of para-hydroxylation sites is 3. The van der Waals surface area contributed by atoms with Crippen LogP contribution in [0.4, 0.5) is 5.69 Å². The lowest BCUT2D eigenvalue weighted by Gasteiger charge is -2.16. The molecular formula is C23H22N2O2S. The molecule has 0 radical (unpaired) electrons. The van der Waals surface area contributed by atoms with E-state index in [4.69, 9.17) is 26.7 Å². The van der Waals surface area contributed by atoms with Gasteiger partial charge in [0.2, 0.25) is 0 Å². The number of amidine groups is 1. The number of hydrogen-bond acceptors (Lipinski definition) is 3. The van der Waals surface area contributed by atoms with Crippen molar-refractivity contribution >= 4 is 28.7 Å². The standard InChI is InChI=1S/C23H22N2O2S/c1-26-20-14-8-6-12-18(20)23(24-19-13-7-9-15-21(19)27-2)25-22(28)16-17-10-4-3-5-11-17/h3-15H,16H2,1-2H3,(H,24,25,28). The van der Waals surface area contributed by atoms with Crippen LogP contribution >= 0.6 is 12.2 Å². The minimum absolute atomic E-state index is 0.578. The van der Waals surface area contributed by atoms with E-state index in [0.717, 1.165) is 22.6 Å². The van der Waals surface area contributed by atoms with Crippen LogP contribution in [-0.2, 0) is 6.42 Å². The normalized spacial score (nSPS) is 11.0. The predicted molar refractivity (Wildman–Crippen MR) is 119 cm³/mol. The summed E-state index contributed by atoms with van der Waals surface area (Å²) in [5.41, 5.74) is 2.75. The molecule has 1 N–H and O–H groups in total. The average molecular weight is 391 g/mol. The number of thiocarbonyl (C=S) groups is 1. The summed E-state index contributed by atoms with van der Waals surface area (Å²) >= 11 is 5.57. The van der Waals surface area contributed by atoms with Crippen LogP contribution in [0.3, 0.4) is 0 Å². The second-order valence-corrected chi connectivity index (χ2v) is 6.51. The zero-order valence-electron chi connectivity index (χ0n) is 15.9. The van der Waals surface area contributed by atoms with Gasteiger partial charge < -0.3 is 14.8 Å². The molecule has 0 spiro atoms. The fourth-order valence-corrected chi connectivity index (χ4v) is 3.06. The van der Waals surface area contributed by atoms with Crippen LogP contribution < -0.4 is 14.8 Å². The van der Waals surface area contributed by atoms with E-state index in [9.17, 15) is 0 Å². The van der Waals surface area contributed by atoms with Gasteiger partial charge in [-0.3, -0.25) is 0 Å². The zero-order chi connectivity index (χ0) is 19.8. The number of nitrogens with one attached hydrogen (secondary N) is 1. The molecule has 0 atom stereocenters. The highest BCUT2D eigenvalue weighted by Crippen LogP contribution is 2.26. The second-order valence-electron chi connectivity index (χ2n) is 6.04. The maximum atomic E-state index is 5.57. The van der Waals surface area contributed by atoms with Gasteiger partial charge in [-0.15, -0.1) is 0 Å². The van der Waals surface area contributed by atoms with E-state index >= 15 is 0 Å². The van der Waals surface area contributed by atoms with Gasteiger partial charge in [-0.05, 0) is 29.8 Å². The van der Waals surface area contributed by atoms with Crippen molar-refractivity contribution in [2.75, 3.05) is 19.5 Å². The third kappa shape index (κ3) is 4.96. The van der Waals surface area contributed by atoms with Gasteiger partial charge in [0.05, 0.1) is 25.5 Å². The van der Waals surface area contributed by atoms with Crippen molar-refractivity contribution in [3.63, 3.8) is 0 Å². The first-order valence-electron chi connectivity index (χ1n) is 8.90. The monoisotopic (exact) mass is 390 g/mol. The van der Waals surface area contributed by atoms with Crippen LogP contribution in [0.2, 0.25) is 0 Å². The van der Waals surface area contributed by atoms with Gasteiger partial charge in [0, 0.05) is 6.42 Å². The number of ether oxygens (including phenoxy) is 2. The summed E-state index contributed by atoms with van der Waals surface area (Å²) in [6.07, 6.45) is 0.586. The number of nitrogens with zero attached hydrogens (tertiary/aromatic N) is 1. The SMILES string of the molecule is COc1ccccc1NC(=NC(=S)Cc1ccccc1)c1ccccc1OC. The smallest absolute Gasteiger partial charge is 0.142 e. The molecular weight excluding hydrogens is 368 g/mol. The van der Waals surface area contributed by atoms with Crippen molar-refractivity contribution < 1.29 is 9.47 Å². The molecule has 0 aliphatic heterocycles. The highest BCUT2D eigenvalue weighted by atomic mass is 32.1. The molecule has 28 heavy (non-hydrogen) atoms. The number of aliphatic imine (C=N–C) groups is 1. The maximum Gasteiger partial charge on any atom is 0.142 e. The number of methoxy groups -OCH3 is 2. The summed E-state index contributed by atoms with van der Waals surface area (Å²) in [6.45, 7) is 0. The summed E-state index contributed by atoms with van der Waals surface area (Å²) in [4.78, 5) is 5.30. The van der Waals surface area contributed by atoms with E-state index in [0.29, 0.717) is 23.0 Å². The first-order valence-corrected chi connectivity index (χ1v) is 9.31. The van der Waals surface area contributed by atoms with Gasteiger partial charge >= 0.3 is 0 Å². The Morgan fingerprint density at radius 2 is 1.43 bits per heavy atom. The number of benzene rings is 3. The van der Waals surface area contributed by atoms with E-state index in [1.165, 1.54) is 0 Å². The Balaban J connectivity index is 1.97. The van der Waals surface area contributed by atoms with E-state index in [2.05, 4.69) is 5.32 Å². The Morgan fingerprint density at radius 3 is 2.14 bits per heavy atom. The number of hydrogen-bond donors (Lipinski definition) is 1. The highest BCUT2D eigenvalue weighted by Gasteiger charge is 2.13. The second kappa shape index (κ2) is 9.67. The number of rotatable bonds is 6. The minimum atomic E-state index is 0.578. The van der Waals surface area contributed by atoms with Crippen molar-refractivity contribution in [3.05, 3.63) is 90.0 Å². The lowest BCUT2D eigenvalue weighted by molar-refractivity contribution is 0.413. The van der Waals surface area contributed by atoms with Crippen LogP contribution in [0.1, 0.15) is 11.1 Å². The third-order valence-corrected chi connectivity index (χ3v) is 4.39. The molecule has 0 aliphatic rings. The van der Waals surface area contributed by atoms with Crippen LogP contribution in [0, 0.1) is 0 Å². The summed E-state index contributed by atoms with van der Waals surface area (Å²) in [6, 6.07) is 25.5. The van der Waals surface area contributed by atoms with Crippen molar-refractivity contribution in [2.45, 2.75) is 6.42 Å². The molecule has 142 valence electrons. The molecule has 0 aliphatic carbocycles. The number of anilines is 1. The Kier molecular flexibility index (Phi) is 6.76. The molecule has 5 heteroatoms. The van der Waals surface area contributed by atoms with Gasteiger partial charge in [-0.25, -0.2) is 4.99 Å². The van der Waals surface area contributed by atoms with E-state index in [-0.39, 0.29) is 0 Å². The molecule has 0 heterocycles. The van der Waals surface area contributed by atoms with Crippen molar-refractivity contribution in [1.82, 2.24) is 0 Å². The van der Waals surface area contributed by atoms with E-state index in [1.54, 1.807) is 14.2 Å². The summed E-state index contributed by atoms with van der Waals surface area (Å²) in [5.74, 6) is 2.05. The Morgan fingerprint density at radius 1 is 0.821 bits per heavy atom. The summed E-state index contributed by atoms with van der Waals surface area (Å²) < 4.78 is 11.0. The van der Waals surface area contributed by atoms with E-state index < -0.39 is 0 Å². The predicted octanol–water partition coefficient (Wildman–Crippen LogP) is 5.13. The Bertz CT molecular complexity index is 971. The average Bonchev–Trinajstić information content (AvgIpc) is 2.74. The van der Waals surface area contributed by atoms with Crippen LogP contribution in [0.15, 0.2) is 83.9 Å². The van der Waals surface area contributed by atoms with Crippen LogP contribution in [0.5, 0.6) is 11.5 Å². The van der Waals surface area contributed by atoms with Crippen LogP contribution in [-0.4, -0.2) is 25.0 Å². The largest absolute Gasteiger partial charge is 0.496 e. The molecule has 0 amide bonds. The molecule has 4 nitrogen and oxygen atoms in total. The molecule has 0 saturated heterocycles. The molecule has 0 saturated carbocycles. The van der Waals surface area contributed by atoms with Crippen LogP contribution in [0.25, 0.3) is 0 Å². The maximum absolute atomic E-state index is 5.57. The van der Waals surface area contributed by atoms with Gasteiger partial charge in [0.1, 0.15) is 22.3 Å². The lowest BCUT2D eigenvalue weighted by Crippen LogP contribution is -2.17. The lowest BCUT2D eigenvalue weighted by atomic mass is 10.1. The highest BCUT2D eigenvalue weighted by molar-refractivity contribution is 7.80. The Hall–Kier alpha value is -3.18. The zero-order valence-corrected chi connectivity index (χ0v) is 16.7. The van der Waals surface area contributed by atoms with Gasteiger partial charge in [0.15, 0.2) is 0 Å². The molecule has 3 aromatic rings. The summed E-state index contributed by atoms with van der Waals surface area (Å²) in [5, 5.41) is 3.36. The Labute approximate surface area is 170 Å². The fourth-order valence-electron chi connectivity index (χ4n) is 2.81. The first-order chi connectivity index (χ1) is 13.7. The molecule has 0 unspecified atom stereocenters. The first kappa shape index (κ1) is 19.6. The fraction of sp³-hybridized carbons (Fsp3) is 0.130. The van der Waals surface area contributed by atoms with Crippen molar-refractivity contribution in [3.8, 4) is 11.5 Å². The molecule has 0 fully saturated rings. The molecule has 3 aromatic carbocycles. The molecule has 0 aromatic heterocycles. The summed E-state index contributed by atoms with van der Waals surface area (Å²) in [7, 11) is 3.28. The molecule has 3 rings (SSSR count). The quantitative estimate of drug-likeness (QED) is 0.360. The minimum Gasteiger partial charge on any atom is -0.496 e.